The van der Waals surface area contributed by atoms with Gasteiger partial charge in [-0.05, 0) is 25.6 Å². The van der Waals surface area contributed by atoms with Gasteiger partial charge < -0.3 is 10.1 Å². The van der Waals surface area contributed by atoms with Gasteiger partial charge in [-0.25, -0.2) is 4.39 Å². The van der Waals surface area contributed by atoms with Crippen molar-refractivity contribution >= 4 is 0 Å². The van der Waals surface area contributed by atoms with Crippen LogP contribution in [0.15, 0.2) is 18.2 Å². The van der Waals surface area contributed by atoms with E-state index in [1.165, 1.54) is 0 Å². The van der Waals surface area contributed by atoms with Crippen LogP contribution in [-0.4, -0.2) is 37.7 Å². The Balaban J connectivity index is 2.70. The lowest BCUT2D eigenvalue weighted by atomic mass is 10.1. The van der Waals surface area contributed by atoms with Gasteiger partial charge >= 0.3 is 0 Å². The molecular weight excluding hydrogens is 255 g/mol. The van der Waals surface area contributed by atoms with Crippen LogP contribution in [0, 0.1) is 5.82 Å². The highest BCUT2D eigenvalue weighted by Crippen LogP contribution is 2.14. The third-order valence-electron chi connectivity index (χ3n) is 3.40. The standard InChI is InChI=1S/C16H27FN2O/c1-12(2)18-9-14-6-7-16(17)15(8-14)10-19(4)13(3)11-20-5/h6-8,12-13,18H,9-11H2,1-5H3. The maximum atomic E-state index is 13.9. The number of hydrogen-bond acceptors (Lipinski definition) is 3. The molecular formula is C16H27FN2O. The van der Waals surface area contributed by atoms with Crippen LogP contribution in [-0.2, 0) is 17.8 Å². The maximum Gasteiger partial charge on any atom is 0.127 e. The summed E-state index contributed by atoms with van der Waals surface area (Å²) < 4.78 is 19.0. The monoisotopic (exact) mass is 282 g/mol. The predicted molar refractivity (Wildman–Crippen MR) is 81.2 cm³/mol. The van der Waals surface area contributed by atoms with E-state index >= 15 is 0 Å². The van der Waals surface area contributed by atoms with Crippen LogP contribution in [0.2, 0.25) is 0 Å². The molecule has 0 amide bonds. The summed E-state index contributed by atoms with van der Waals surface area (Å²) in [5.41, 5.74) is 1.85. The number of halogens is 1. The molecule has 1 rings (SSSR count). The topological polar surface area (TPSA) is 24.5 Å². The molecule has 1 aromatic rings. The van der Waals surface area contributed by atoms with Crippen LogP contribution in [0.4, 0.5) is 4.39 Å². The van der Waals surface area contributed by atoms with Crippen molar-refractivity contribution in [2.75, 3.05) is 20.8 Å². The maximum absolute atomic E-state index is 13.9. The summed E-state index contributed by atoms with van der Waals surface area (Å²) in [6, 6.07) is 6.03. The number of rotatable bonds is 8. The summed E-state index contributed by atoms with van der Waals surface area (Å²) in [6.07, 6.45) is 0. The van der Waals surface area contributed by atoms with Gasteiger partial charge in [0, 0.05) is 37.8 Å². The Labute approximate surface area is 122 Å². The molecule has 0 radical (unpaired) electrons. The van der Waals surface area contributed by atoms with Crippen LogP contribution < -0.4 is 5.32 Å². The van der Waals surface area contributed by atoms with Gasteiger partial charge in [-0.15, -0.1) is 0 Å². The Hall–Kier alpha value is -0.970. The molecule has 0 fully saturated rings. The fraction of sp³-hybridized carbons (Fsp3) is 0.625. The molecule has 1 unspecified atom stereocenters. The molecule has 0 heterocycles. The molecule has 1 aromatic carbocycles. The molecule has 3 nitrogen and oxygen atoms in total. The third-order valence-corrected chi connectivity index (χ3v) is 3.40. The first-order chi connectivity index (χ1) is 9.43. The second kappa shape index (κ2) is 8.35. The molecule has 20 heavy (non-hydrogen) atoms. The van der Waals surface area contributed by atoms with Gasteiger partial charge in [0.15, 0.2) is 0 Å². The lowest BCUT2D eigenvalue weighted by Gasteiger charge is -2.24. The van der Waals surface area contributed by atoms with E-state index in [1.807, 2.05) is 19.2 Å². The van der Waals surface area contributed by atoms with Gasteiger partial charge in [-0.2, -0.15) is 0 Å². The second-order valence-electron chi connectivity index (χ2n) is 5.68. The van der Waals surface area contributed by atoms with Crippen molar-refractivity contribution < 1.29 is 9.13 Å². The van der Waals surface area contributed by atoms with Gasteiger partial charge in [0.05, 0.1) is 6.61 Å². The van der Waals surface area contributed by atoms with Crippen LogP contribution >= 0.6 is 0 Å². The first kappa shape index (κ1) is 17.1. The normalized spacial score (nSPS) is 13.2. The SMILES string of the molecule is COCC(C)N(C)Cc1cc(CNC(C)C)ccc1F. The molecule has 0 bridgehead atoms. The Morgan fingerprint density at radius 3 is 2.60 bits per heavy atom. The first-order valence-corrected chi connectivity index (χ1v) is 7.14. The van der Waals surface area contributed by atoms with Gasteiger partial charge in [-0.3, -0.25) is 4.90 Å². The Morgan fingerprint density at radius 1 is 1.30 bits per heavy atom. The molecule has 1 N–H and O–H groups in total. The van der Waals surface area contributed by atoms with Gasteiger partial charge in [0.2, 0.25) is 0 Å². The summed E-state index contributed by atoms with van der Waals surface area (Å²) in [5, 5.41) is 3.35. The fourth-order valence-electron chi connectivity index (χ4n) is 1.97. The smallest absolute Gasteiger partial charge is 0.127 e. The van der Waals surface area contributed by atoms with Crippen molar-refractivity contribution in [3.05, 3.63) is 35.1 Å². The lowest BCUT2D eigenvalue weighted by molar-refractivity contribution is 0.111. The Kier molecular flexibility index (Phi) is 7.13. The first-order valence-electron chi connectivity index (χ1n) is 7.14. The van der Waals surface area contributed by atoms with Gasteiger partial charge in [-0.1, -0.05) is 26.0 Å². The molecule has 0 aromatic heterocycles. The largest absolute Gasteiger partial charge is 0.383 e. The number of benzene rings is 1. The molecule has 0 aliphatic rings. The quantitative estimate of drug-likeness (QED) is 0.793. The van der Waals surface area contributed by atoms with E-state index in [1.54, 1.807) is 13.2 Å². The number of hydrogen-bond donors (Lipinski definition) is 1. The van der Waals surface area contributed by atoms with Crippen molar-refractivity contribution in [2.24, 2.45) is 0 Å². The van der Waals surface area contributed by atoms with Crippen molar-refractivity contribution in [3.8, 4) is 0 Å². The zero-order valence-electron chi connectivity index (χ0n) is 13.2. The van der Waals surface area contributed by atoms with Crippen LogP contribution in [0.5, 0.6) is 0 Å². The summed E-state index contributed by atoms with van der Waals surface area (Å²) in [6.45, 7) is 8.28. The van der Waals surface area contributed by atoms with E-state index < -0.39 is 0 Å². The zero-order chi connectivity index (χ0) is 15.1. The van der Waals surface area contributed by atoms with Crippen molar-refractivity contribution in [2.45, 2.75) is 45.9 Å². The average molecular weight is 282 g/mol. The number of likely N-dealkylation sites (N-methyl/N-ethyl adjacent to an activating group) is 1. The van der Waals surface area contributed by atoms with Crippen molar-refractivity contribution in [1.82, 2.24) is 10.2 Å². The highest BCUT2D eigenvalue weighted by atomic mass is 19.1. The zero-order valence-corrected chi connectivity index (χ0v) is 13.2. The van der Waals surface area contributed by atoms with Gasteiger partial charge in [0.25, 0.3) is 0 Å². The number of ether oxygens (including phenoxy) is 1. The van der Waals surface area contributed by atoms with Crippen LogP contribution in [0.25, 0.3) is 0 Å². The van der Waals surface area contributed by atoms with E-state index in [2.05, 4.69) is 31.0 Å². The van der Waals surface area contributed by atoms with E-state index in [4.69, 9.17) is 4.74 Å². The minimum Gasteiger partial charge on any atom is -0.383 e. The molecule has 0 aliphatic carbocycles. The fourth-order valence-corrected chi connectivity index (χ4v) is 1.97. The van der Waals surface area contributed by atoms with Crippen molar-refractivity contribution in [1.29, 1.82) is 0 Å². The van der Waals surface area contributed by atoms with Crippen molar-refractivity contribution in [3.63, 3.8) is 0 Å². The molecule has 0 spiro atoms. The minimum absolute atomic E-state index is 0.144. The third kappa shape index (κ3) is 5.57. The van der Waals surface area contributed by atoms with Crippen LogP contribution in [0.3, 0.4) is 0 Å². The molecule has 0 aliphatic heterocycles. The number of methoxy groups -OCH3 is 1. The Bertz CT molecular complexity index is 409. The van der Waals surface area contributed by atoms with E-state index in [0.717, 1.165) is 17.7 Å². The molecule has 0 saturated carbocycles. The molecule has 114 valence electrons. The lowest BCUT2D eigenvalue weighted by Crippen LogP contribution is -2.32. The average Bonchev–Trinajstić information content (AvgIpc) is 2.39. The predicted octanol–water partition coefficient (Wildman–Crippen LogP) is 2.79. The van der Waals surface area contributed by atoms with Crippen LogP contribution in [0.1, 0.15) is 31.9 Å². The van der Waals surface area contributed by atoms with E-state index in [0.29, 0.717) is 19.2 Å². The molecule has 1 atom stereocenters. The highest BCUT2D eigenvalue weighted by Gasteiger charge is 2.12. The molecule has 4 heteroatoms. The van der Waals surface area contributed by atoms with E-state index in [-0.39, 0.29) is 11.9 Å². The number of nitrogens with one attached hydrogen (secondary N) is 1. The highest BCUT2D eigenvalue weighted by molar-refractivity contribution is 5.25. The van der Waals surface area contributed by atoms with Gasteiger partial charge in [0.1, 0.15) is 5.82 Å². The second-order valence-corrected chi connectivity index (χ2v) is 5.68. The summed E-state index contributed by atoms with van der Waals surface area (Å²) >= 11 is 0. The summed E-state index contributed by atoms with van der Waals surface area (Å²) in [7, 11) is 3.67. The molecule has 0 saturated heterocycles. The summed E-state index contributed by atoms with van der Waals surface area (Å²) in [5.74, 6) is -0.144. The summed E-state index contributed by atoms with van der Waals surface area (Å²) in [4.78, 5) is 2.10. The minimum atomic E-state index is -0.144. The van der Waals surface area contributed by atoms with E-state index in [9.17, 15) is 4.39 Å². The number of nitrogens with zero attached hydrogens (tertiary/aromatic N) is 1. The Morgan fingerprint density at radius 2 is 2.00 bits per heavy atom.